The largest absolute Gasteiger partial charge is 0.371 e. The Kier molecular flexibility index (Phi) is 5.12. The molecule has 0 saturated carbocycles. The van der Waals surface area contributed by atoms with Crippen molar-refractivity contribution in [2.75, 3.05) is 19.7 Å². The van der Waals surface area contributed by atoms with Crippen molar-refractivity contribution in [2.45, 2.75) is 39.2 Å². The summed E-state index contributed by atoms with van der Waals surface area (Å²) < 4.78 is 5.28. The Morgan fingerprint density at radius 1 is 1.57 bits per heavy atom. The van der Waals surface area contributed by atoms with Crippen LogP contribution in [-0.2, 0) is 9.53 Å². The molecule has 1 aliphatic rings. The van der Waals surface area contributed by atoms with E-state index >= 15 is 0 Å². The molecule has 3 heteroatoms. The zero-order chi connectivity index (χ0) is 10.4. The highest BCUT2D eigenvalue weighted by Crippen LogP contribution is 2.14. The first-order chi connectivity index (χ1) is 6.68. The van der Waals surface area contributed by atoms with Crippen LogP contribution in [0.25, 0.3) is 0 Å². The fraction of sp³-hybridized carbons (Fsp3) is 0.909. The first-order valence-electron chi connectivity index (χ1n) is 5.52. The van der Waals surface area contributed by atoms with Crippen LogP contribution in [0.15, 0.2) is 0 Å². The van der Waals surface area contributed by atoms with E-state index in [0.29, 0.717) is 12.3 Å². The van der Waals surface area contributed by atoms with Crippen molar-refractivity contribution in [3.63, 3.8) is 0 Å². The predicted octanol–water partition coefficient (Wildman–Crippen LogP) is 1.37. The molecule has 82 valence electrons. The Bertz CT molecular complexity index is 174. The molecule has 1 rings (SSSR count). The summed E-state index contributed by atoms with van der Waals surface area (Å²) in [5, 5.41) is 3.31. The number of carbonyl (C=O) groups is 1. The van der Waals surface area contributed by atoms with Crippen molar-refractivity contribution in [2.24, 2.45) is 5.92 Å². The van der Waals surface area contributed by atoms with Crippen molar-refractivity contribution in [3.8, 4) is 0 Å². The van der Waals surface area contributed by atoms with Gasteiger partial charge in [-0.2, -0.15) is 0 Å². The fourth-order valence-corrected chi connectivity index (χ4v) is 1.74. The van der Waals surface area contributed by atoms with Crippen LogP contribution in [0.1, 0.15) is 33.1 Å². The van der Waals surface area contributed by atoms with Gasteiger partial charge in [0.05, 0.1) is 6.10 Å². The first kappa shape index (κ1) is 11.7. The second kappa shape index (κ2) is 6.14. The molecule has 1 aliphatic heterocycles. The highest BCUT2D eigenvalue weighted by atomic mass is 16.5. The summed E-state index contributed by atoms with van der Waals surface area (Å²) >= 11 is 0. The topological polar surface area (TPSA) is 38.3 Å². The minimum absolute atomic E-state index is 0.156. The van der Waals surface area contributed by atoms with Gasteiger partial charge in [0.1, 0.15) is 6.61 Å². The summed E-state index contributed by atoms with van der Waals surface area (Å²) in [4.78, 5) is 11.5. The molecule has 1 N–H and O–H groups in total. The van der Waals surface area contributed by atoms with E-state index in [4.69, 9.17) is 4.74 Å². The summed E-state index contributed by atoms with van der Waals surface area (Å²) in [6.45, 7) is 6.29. The van der Waals surface area contributed by atoms with Crippen molar-refractivity contribution in [1.29, 1.82) is 0 Å². The number of rotatable bonds is 5. The Balaban J connectivity index is 2.12. The van der Waals surface area contributed by atoms with Gasteiger partial charge in [-0.1, -0.05) is 0 Å². The average Bonchev–Trinajstić information content (AvgIpc) is 2.16. The number of nitrogens with one attached hydrogen (secondary N) is 1. The molecule has 0 aromatic carbocycles. The predicted molar refractivity (Wildman–Crippen MR) is 56.3 cm³/mol. The van der Waals surface area contributed by atoms with E-state index in [0.717, 1.165) is 13.1 Å². The summed E-state index contributed by atoms with van der Waals surface area (Å²) in [5.74, 6) is 0.777. The van der Waals surface area contributed by atoms with Crippen molar-refractivity contribution in [1.82, 2.24) is 5.32 Å². The minimum Gasteiger partial charge on any atom is -0.371 e. The molecule has 0 aromatic rings. The van der Waals surface area contributed by atoms with E-state index in [1.807, 2.05) is 13.8 Å². The monoisotopic (exact) mass is 199 g/mol. The zero-order valence-corrected chi connectivity index (χ0v) is 9.21. The standard InChI is InChI=1S/C11H21NO2/c1-9(2)14-8-11(13)6-10-4-3-5-12-7-10/h9-10,12H,3-8H2,1-2H3. The van der Waals surface area contributed by atoms with Gasteiger partial charge in [-0.25, -0.2) is 0 Å². The van der Waals surface area contributed by atoms with Gasteiger partial charge in [-0.15, -0.1) is 0 Å². The van der Waals surface area contributed by atoms with E-state index in [-0.39, 0.29) is 18.5 Å². The molecular weight excluding hydrogens is 178 g/mol. The van der Waals surface area contributed by atoms with Crippen LogP contribution < -0.4 is 5.32 Å². The number of ether oxygens (including phenoxy) is 1. The first-order valence-corrected chi connectivity index (χ1v) is 5.52. The summed E-state index contributed by atoms with van der Waals surface area (Å²) in [5.41, 5.74) is 0. The molecule has 1 heterocycles. The molecule has 14 heavy (non-hydrogen) atoms. The Morgan fingerprint density at radius 3 is 2.93 bits per heavy atom. The van der Waals surface area contributed by atoms with Crippen LogP contribution in [0, 0.1) is 5.92 Å². The van der Waals surface area contributed by atoms with E-state index in [1.165, 1.54) is 12.8 Å². The number of ketones is 1. The smallest absolute Gasteiger partial charge is 0.158 e. The van der Waals surface area contributed by atoms with Crippen LogP contribution in [0.5, 0.6) is 0 Å². The van der Waals surface area contributed by atoms with Crippen LogP contribution in [-0.4, -0.2) is 31.6 Å². The van der Waals surface area contributed by atoms with Crippen LogP contribution in [0.2, 0.25) is 0 Å². The van der Waals surface area contributed by atoms with Crippen molar-refractivity contribution >= 4 is 5.78 Å². The highest BCUT2D eigenvalue weighted by molar-refractivity contribution is 5.79. The summed E-state index contributed by atoms with van der Waals surface area (Å²) in [7, 11) is 0. The van der Waals surface area contributed by atoms with Gasteiger partial charge in [0.2, 0.25) is 0 Å². The lowest BCUT2D eigenvalue weighted by atomic mass is 9.94. The number of piperidine rings is 1. The fourth-order valence-electron chi connectivity index (χ4n) is 1.74. The normalized spacial score (nSPS) is 22.6. The minimum atomic E-state index is 0.156. The molecule has 1 saturated heterocycles. The molecule has 1 fully saturated rings. The lowest BCUT2D eigenvalue weighted by Crippen LogP contribution is -2.31. The lowest BCUT2D eigenvalue weighted by molar-refractivity contribution is -0.126. The quantitative estimate of drug-likeness (QED) is 0.726. The molecule has 0 radical (unpaired) electrons. The molecule has 0 spiro atoms. The third kappa shape index (κ3) is 4.72. The Labute approximate surface area is 86.2 Å². The van der Waals surface area contributed by atoms with Gasteiger partial charge in [-0.3, -0.25) is 4.79 Å². The SMILES string of the molecule is CC(C)OCC(=O)CC1CCCNC1. The molecular formula is C11H21NO2. The van der Waals surface area contributed by atoms with Crippen molar-refractivity contribution < 1.29 is 9.53 Å². The summed E-state index contributed by atoms with van der Waals surface area (Å²) in [6, 6.07) is 0. The maximum absolute atomic E-state index is 11.5. The number of hydrogen-bond acceptors (Lipinski definition) is 3. The van der Waals surface area contributed by atoms with Crippen LogP contribution in [0.3, 0.4) is 0 Å². The Morgan fingerprint density at radius 2 is 2.36 bits per heavy atom. The van der Waals surface area contributed by atoms with Gasteiger partial charge in [-0.05, 0) is 45.7 Å². The molecule has 0 bridgehead atoms. The number of hydrogen-bond donors (Lipinski definition) is 1. The molecule has 0 aromatic heterocycles. The van der Waals surface area contributed by atoms with Gasteiger partial charge in [0.15, 0.2) is 5.78 Å². The zero-order valence-electron chi connectivity index (χ0n) is 9.21. The second-order valence-electron chi connectivity index (χ2n) is 4.31. The number of Topliss-reactive ketones (excluding diaryl/α,β-unsaturated/α-hetero) is 1. The molecule has 0 aliphatic carbocycles. The second-order valence-corrected chi connectivity index (χ2v) is 4.31. The van der Waals surface area contributed by atoms with E-state index in [2.05, 4.69) is 5.32 Å². The van der Waals surface area contributed by atoms with Gasteiger partial charge in [0, 0.05) is 6.42 Å². The number of carbonyl (C=O) groups excluding carboxylic acids is 1. The lowest BCUT2D eigenvalue weighted by Gasteiger charge is -2.22. The van der Waals surface area contributed by atoms with Crippen molar-refractivity contribution in [3.05, 3.63) is 0 Å². The Hall–Kier alpha value is -0.410. The van der Waals surface area contributed by atoms with Gasteiger partial charge >= 0.3 is 0 Å². The van der Waals surface area contributed by atoms with E-state index in [1.54, 1.807) is 0 Å². The highest BCUT2D eigenvalue weighted by Gasteiger charge is 2.16. The third-order valence-electron chi connectivity index (χ3n) is 2.49. The molecule has 0 amide bonds. The maximum Gasteiger partial charge on any atom is 0.158 e. The summed E-state index contributed by atoms with van der Waals surface area (Å²) in [6.07, 6.45) is 3.21. The average molecular weight is 199 g/mol. The third-order valence-corrected chi connectivity index (χ3v) is 2.49. The van der Waals surface area contributed by atoms with Crippen LogP contribution in [0.4, 0.5) is 0 Å². The van der Waals surface area contributed by atoms with Gasteiger partial charge in [0.25, 0.3) is 0 Å². The maximum atomic E-state index is 11.5. The van der Waals surface area contributed by atoms with Crippen LogP contribution >= 0.6 is 0 Å². The van der Waals surface area contributed by atoms with Gasteiger partial charge < -0.3 is 10.1 Å². The van der Waals surface area contributed by atoms with E-state index in [9.17, 15) is 4.79 Å². The van der Waals surface area contributed by atoms with E-state index < -0.39 is 0 Å². The molecule has 3 nitrogen and oxygen atoms in total. The molecule has 1 unspecified atom stereocenters. The molecule has 1 atom stereocenters.